The SMILES string of the molecule is CCCC(N)CC(=O)NCC1CCCCC1O. The maximum Gasteiger partial charge on any atom is 0.221 e. The first-order chi connectivity index (χ1) is 8.13. The molecule has 3 atom stereocenters. The van der Waals surface area contributed by atoms with Crippen LogP contribution in [0.2, 0.25) is 0 Å². The molecular weight excluding hydrogens is 216 g/mol. The van der Waals surface area contributed by atoms with Crippen LogP contribution in [0.1, 0.15) is 51.9 Å². The third-order valence-corrected chi connectivity index (χ3v) is 3.54. The molecule has 0 spiro atoms. The molecule has 3 unspecified atom stereocenters. The van der Waals surface area contributed by atoms with Crippen LogP contribution in [0.5, 0.6) is 0 Å². The largest absolute Gasteiger partial charge is 0.393 e. The van der Waals surface area contributed by atoms with E-state index in [0.717, 1.165) is 38.5 Å². The molecule has 0 aromatic heterocycles. The van der Waals surface area contributed by atoms with Crippen molar-refractivity contribution in [3.05, 3.63) is 0 Å². The van der Waals surface area contributed by atoms with Gasteiger partial charge in [0.1, 0.15) is 0 Å². The van der Waals surface area contributed by atoms with Crippen LogP contribution in [0.15, 0.2) is 0 Å². The number of aliphatic hydroxyl groups excluding tert-OH is 1. The molecule has 0 aromatic carbocycles. The highest BCUT2D eigenvalue weighted by Crippen LogP contribution is 2.23. The average Bonchev–Trinajstić information content (AvgIpc) is 2.28. The Kier molecular flexibility index (Phi) is 6.52. The van der Waals surface area contributed by atoms with Crippen molar-refractivity contribution in [2.75, 3.05) is 6.54 Å². The predicted octanol–water partition coefficient (Wildman–Crippen LogP) is 1.17. The summed E-state index contributed by atoms with van der Waals surface area (Å²) < 4.78 is 0. The fourth-order valence-electron chi connectivity index (χ4n) is 2.45. The van der Waals surface area contributed by atoms with E-state index >= 15 is 0 Å². The molecule has 4 heteroatoms. The van der Waals surface area contributed by atoms with Gasteiger partial charge in [-0.3, -0.25) is 4.79 Å². The van der Waals surface area contributed by atoms with Gasteiger partial charge < -0.3 is 16.2 Å². The molecule has 0 radical (unpaired) electrons. The van der Waals surface area contributed by atoms with Gasteiger partial charge in [0.2, 0.25) is 5.91 Å². The molecule has 4 nitrogen and oxygen atoms in total. The summed E-state index contributed by atoms with van der Waals surface area (Å²) in [4.78, 5) is 11.6. The van der Waals surface area contributed by atoms with E-state index in [1.165, 1.54) is 0 Å². The third-order valence-electron chi connectivity index (χ3n) is 3.54. The van der Waals surface area contributed by atoms with Gasteiger partial charge in [0.25, 0.3) is 0 Å². The van der Waals surface area contributed by atoms with Crippen LogP contribution in [0.25, 0.3) is 0 Å². The summed E-state index contributed by atoms with van der Waals surface area (Å²) in [5.74, 6) is 0.249. The molecule has 1 rings (SSSR count). The molecule has 1 amide bonds. The number of amides is 1. The molecule has 0 aromatic rings. The minimum absolute atomic E-state index is 0.0173. The van der Waals surface area contributed by atoms with Gasteiger partial charge in [-0.1, -0.05) is 26.2 Å². The van der Waals surface area contributed by atoms with Crippen molar-refractivity contribution in [2.45, 2.75) is 64.0 Å². The molecule has 1 aliphatic rings. The van der Waals surface area contributed by atoms with Crippen LogP contribution in [0.4, 0.5) is 0 Å². The maximum atomic E-state index is 11.6. The molecule has 1 fully saturated rings. The zero-order valence-corrected chi connectivity index (χ0v) is 10.8. The Hall–Kier alpha value is -0.610. The summed E-state index contributed by atoms with van der Waals surface area (Å²) in [5, 5.41) is 12.7. The standard InChI is InChI=1S/C13H26N2O2/c1-2-5-11(14)8-13(17)15-9-10-6-3-4-7-12(10)16/h10-12,16H,2-9,14H2,1H3,(H,15,17). The van der Waals surface area contributed by atoms with Gasteiger partial charge in [0.15, 0.2) is 0 Å². The zero-order chi connectivity index (χ0) is 12.7. The van der Waals surface area contributed by atoms with Crippen LogP contribution in [0.3, 0.4) is 0 Å². The number of hydrogen-bond acceptors (Lipinski definition) is 3. The summed E-state index contributed by atoms with van der Waals surface area (Å²) >= 11 is 0. The Bertz CT molecular complexity index is 233. The summed E-state index contributed by atoms with van der Waals surface area (Å²) in [7, 11) is 0. The van der Waals surface area contributed by atoms with E-state index in [9.17, 15) is 9.90 Å². The van der Waals surface area contributed by atoms with Gasteiger partial charge in [-0.25, -0.2) is 0 Å². The maximum absolute atomic E-state index is 11.6. The number of nitrogens with one attached hydrogen (secondary N) is 1. The Morgan fingerprint density at radius 2 is 2.18 bits per heavy atom. The van der Waals surface area contributed by atoms with E-state index in [-0.39, 0.29) is 24.0 Å². The molecule has 0 saturated heterocycles. The van der Waals surface area contributed by atoms with E-state index in [4.69, 9.17) is 5.73 Å². The number of hydrogen-bond donors (Lipinski definition) is 3. The van der Waals surface area contributed by atoms with Crippen molar-refractivity contribution in [1.29, 1.82) is 0 Å². The lowest BCUT2D eigenvalue weighted by molar-refractivity contribution is -0.121. The first-order valence-electron chi connectivity index (χ1n) is 6.83. The zero-order valence-electron chi connectivity index (χ0n) is 10.8. The lowest BCUT2D eigenvalue weighted by atomic mass is 9.86. The minimum Gasteiger partial charge on any atom is -0.393 e. The van der Waals surface area contributed by atoms with Crippen molar-refractivity contribution in [1.82, 2.24) is 5.32 Å². The third kappa shape index (κ3) is 5.50. The Labute approximate surface area is 104 Å². The minimum atomic E-state index is -0.242. The van der Waals surface area contributed by atoms with Gasteiger partial charge in [-0.15, -0.1) is 0 Å². The van der Waals surface area contributed by atoms with Crippen molar-refractivity contribution in [2.24, 2.45) is 11.7 Å². The number of rotatable bonds is 6. The molecular formula is C13H26N2O2. The quantitative estimate of drug-likeness (QED) is 0.654. The van der Waals surface area contributed by atoms with Crippen LogP contribution < -0.4 is 11.1 Å². The van der Waals surface area contributed by atoms with Crippen molar-refractivity contribution < 1.29 is 9.90 Å². The fourth-order valence-corrected chi connectivity index (χ4v) is 2.45. The molecule has 100 valence electrons. The lowest BCUT2D eigenvalue weighted by Crippen LogP contribution is -2.38. The first-order valence-corrected chi connectivity index (χ1v) is 6.83. The topological polar surface area (TPSA) is 75.4 Å². The second-order valence-corrected chi connectivity index (χ2v) is 5.17. The Balaban J connectivity index is 2.18. The van der Waals surface area contributed by atoms with Crippen LogP contribution in [0, 0.1) is 5.92 Å². The summed E-state index contributed by atoms with van der Waals surface area (Å²) in [6, 6.07) is -0.0312. The smallest absolute Gasteiger partial charge is 0.221 e. The molecule has 17 heavy (non-hydrogen) atoms. The summed E-state index contributed by atoms with van der Waals surface area (Å²) in [5.41, 5.74) is 5.81. The Morgan fingerprint density at radius 3 is 2.82 bits per heavy atom. The second-order valence-electron chi connectivity index (χ2n) is 5.17. The van der Waals surface area contributed by atoms with Gasteiger partial charge in [-0.05, 0) is 19.3 Å². The van der Waals surface area contributed by atoms with Gasteiger partial charge in [0, 0.05) is 24.9 Å². The van der Waals surface area contributed by atoms with E-state index < -0.39 is 0 Å². The number of carbonyl (C=O) groups is 1. The van der Waals surface area contributed by atoms with Gasteiger partial charge >= 0.3 is 0 Å². The first kappa shape index (κ1) is 14.5. The number of nitrogens with two attached hydrogens (primary N) is 1. The molecule has 1 saturated carbocycles. The van der Waals surface area contributed by atoms with Crippen LogP contribution in [-0.4, -0.2) is 29.7 Å². The van der Waals surface area contributed by atoms with Crippen LogP contribution in [-0.2, 0) is 4.79 Å². The second kappa shape index (κ2) is 7.67. The summed E-state index contributed by atoms with van der Waals surface area (Å²) in [6.45, 7) is 2.66. The van der Waals surface area contributed by atoms with Gasteiger partial charge in [0.05, 0.1) is 6.10 Å². The molecule has 0 bridgehead atoms. The van der Waals surface area contributed by atoms with Crippen molar-refractivity contribution in [3.63, 3.8) is 0 Å². The monoisotopic (exact) mass is 242 g/mol. The molecule has 0 heterocycles. The highest BCUT2D eigenvalue weighted by atomic mass is 16.3. The fraction of sp³-hybridized carbons (Fsp3) is 0.923. The van der Waals surface area contributed by atoms with Gasteiger partial charge in [-0.2, -0.15) is 0 Å². The molecule has 0 aliphatic heterocycles. The predicted molar refractivity (Wildman–Crippen MR) is 68.5 cm³/mol. The van der Waals surface area contributed by atoms with E-state index in [2.05, 4.69) is 12.2 Å². The molecule has 4 N–H and O–H groups in total. The van der Waals surface area contributed by atoms with Crippen molar-refractivity contribution in [3.8, 4) is 0 Å². The van der Waals surface area contributed by atoms with Crippen LogP contribution >= 0.6 is 0 Å². The lowest BCUT2D eigenvalue weighted by Gasteiger charge is -2.27. The number of carbonyl (C=O) groups excluding carboxylic acids is 1. The average molecular weight is 242 g/mol. The number of aliphatic hydroxyl groups is 1. The normalized spacial score (nSPS) is 26.5. The highest BCUT2D eigenvalue weighted by Gasteiger charge is 2.23. The Morgan fingerprint density at radius 1 is 1.47 bits per heavy atom. The highest BCUT2D eigenvalue weighted by molar-refractivity contribution is 5.76. The molecule has 1 aliphatic carbocycles. The van der Waals surface area contributed by atoms with E-state index in [1.807, 2.05) is 0 Å². The summed E-state index contributed by atoms with van der Waals surface area (Å²) in [6.07, 6.45) is 6.21. The van der Waals surface area contributed by atoms with E-state index in [1.54, 1.807) is 0 Å². The van der Waals surface area contributed by atoms with Crippen molar-refractivity contribution >= 4 is 5.91 Å². The van der Waals surface area contributed by atoms with E-state index in [0.29, 0.717) is 13.0 Å².